The van der Waals surface area contributed by atoms with Crippen LogP contribution in [0.3, 0.4) is 0 Å². The first kappa shape index (κ1) is 25.2. The van der Waals surface area contributed by atoms with Gasteiger partial charge in [0.25, 0.3) is 11.7 Å². The van der Waals surface area contributed by atoms with Gasteiger partial charge in [-0.2, -0.15) is 0 Å². The number of methoxy groups -OCH3 is 3. The molecule has 10 heteroatoms. The van der Waals surface area contributed by atoms with Crippen LogP contribution in [0.25, 0.3) is 5.76 Å². The summed E-state index contributed by atoms with van der Waals surface area (Å²) in [5.74, 6) is -1.57. The maximum Gasteiger partial charge on any atom is 0.300 e. The summed E-state index contributed by atoms with van der Waals surface area (Å²) in [5.41, 5.74) is 0.593. The second kappa shape index (κ2) is 10.0. The van der Waals surface area contributed by atoms with E-state index in [1.54, 1.807) is 24.3 Å². The summed E-state index contributed by atoms with van der Waals surface area (Å²) >= 11 is 12.5. The molecule has 0 aliphatic carbocycles. The van der Waals surface area contributed by atoms with Gasteiger partial charge in [0.2, 0.25) is 0 Å². The zero-order valence-electron chi connectivity index (χ0n) is 19.4. The number of aliphatic hydroxyl groups is 1. The van der Waals surface area contributed by atoms with Gasteiger partial charge in [-0.15, -0.1) is 0 Å². The Hall–Kier alpha value is -3.88. The van der Waals surface area contributed by atoms with Crippen LogP contribution in [0.15, 0.2) is 60.2 Å². The summed E-state index contributed by atoms with van der Waals surface area (Å²) in [4.78, 5) is 28.0. The van der Waals surface area contributed by atoms with Gasteiger partial charge in [-0.25, -0.2) is 0 Å². The van der Waals surface area contributed by atoms with Gasteiger partial charge in [0.05, 0.1) is 48.6 Å². The Bertz CT molecular complexity index is 1400. The van der Waals surface area contributed by atoms with Gasteiger partial charge < -0.3 is 24.4 Å². The fraction of sp³-hybridized carbons (Fsp3) is 0.154. The monoisotopic (exact) mass is 529 g/mol. The third-order valence-electron chi connectivity index (χ3n) is 5.79. The summed E-state index contributed by atoms with van der Waals surface area (Å²) in [6.07, 6.45) is 0. The molecule has 36 heavy (non-hydrogen) atoms. The SMILES string of the molecule is COc1cccc(N2C(=O)C(=O)/C(=C(/O)c3cc(Cl)c(OC)cc3OC)C2c2ccc(O)c(Cl)c2)c1. The molecule has 0 radical (unpaired) electrons. The van der Waals surface area contributed by atoms with Crippen molar-refractivity contribution in [3.8, 4) is 23.0 Å². The van der Waals surface area contributed by atoms with Crippen molar-refractivity contribution in [2.75, 3.05) is 26.2 Å². The molecule has 0 bridgehead atoms. The number of hydrogen-bond donors (Lipinski definition) is 2. The number of ether oxygens (including phenoxy) is 3. The van der Waals surface area contributed by atoms with E-state index >= 15 is 0 Å². The van der Waals surface area contributed by atoms with Gasteiger partial charge in [0, 0.05) is 17.8 Å². The van der Waals surface area contributed by atoms with Crippen LogP contribution in [0.1, 0.15) is 17.2 Å². The van der Waals surface area contributed by atoms with Crippen LogP contribution in [0.5, 0.6) is 23.0 Å². The molecule has 3 aromatic rings. The number of carbonyl (C=O) groups is 2. The van der Waals surface area contributed by atoms with Crippen LogP contribution in [-0.2, 0) is 9.59 Å². The highest BCUT2D eigenvalue weighted by molar-refractivity contribution is 6.51. The van der Waals surface area contributed by atoms with Crippen LogP contribution in [0.4, 0.5) is 5.69 Å². The Labute approximate surface area is 216 Å². The predicted octanol–water partition coefficient (Wildman–Crippen LogP) is 5.35. The number of aliphatic hydroxyl groups excluding tert-OH is 1. The minimum Gasteiger partial charge on any atom is -0.507 e. The molecule has 1 heterocycles. The van der Waals surface area contributed by atoms with E-state index in [1.807, 2.05) is 0 Å². The topological polar surface area (TPSA) is 106 Å². The number of phenolic OH excluding ortho intramolecular Hbond substituents is 1. The molecular weight excluding hydrogens is 509 g/mol. The minimum atomic E-state index is -1.10. The smallest absolute Gasteiger partial charge is 0.300 e. The number of amides is 1. The number of aromatic hydroxyl groups is 1. The maximum atomic E-state index is 13.4. The van der Waals surface area contributed by atoms with E-state index in [-0.39, 0.29) is 32.7 Å². The van der Waals surface area contributed by atoms with Gasteiger partial charge in [-0.05, 0) is 35.9 Å². The Morgan fingerprint density at radius 3 is 2.25 bits per heavy atom. The molecule has 8 nitrogen and oxygen atoms in total. The van der Waals surface area contributed by atoms with E-state index in [1.165, 1.54) is 56.6 Å². The average molecular weight is 530 g/mol. The molecule has 0 saturated carbocycles. The molecule has 186 valence electrons. The third-order valence-corrected chi connectivity index (χ3v) is 6.39. The van der Waals surface area contributed by atoms with E-state index in [2.05, 4.69) is 0 Å². The second-order valence-electron chi connectivity index (χ2n) is 7.77. The molecule has 1 fully saturated rings. The molecule has 0 aromatic heterocycles. The number of nitrogens with zero attached hydrogens (tertiary/aromatic N) is 1. The maximum absolute atomic E-state index is 13.4. The quantitative estimate of drug-likeness (QED) is 0.252. The normalized spacial score (nSPS) is 16.8. The van der Waals surface area contributed by atoms with Gasteiger partial charge in [-0.1, -0.05) is 35.3 Å². The van der Waals surface area contributed by atoms with Crippen molar-refractivity contribution >= 4 is 46.3 Å². The molecule has 4 rings (SSSR count). The van der Waals surface area contributed by atoms with Crippen LogP contribution in [0.2, 0.25) is 10.0 Å². The average Bonchev–Trinajstić information content (AvgIpc) is 3.15. The largest absolute Gasteiger partial charge is 0.507 e. The zero-order chi connectivity index (χ0) is 26.1. The summed E-state index contributed by atoms with van der Waals surface area (Å²) in [6, 6.07) is 12.6. The van der Waals surface area contributed by atoms with Crippen molar-refractivity contribution in [2.45, 2.75) is 6.04 Å². The zero-order valence-corrected chi connectivity index (χ0v) is 20.9. The lowest BCUT2D eigenvalue weighted by atomic mass is 9.94. The first-order valence-corrected chi connectivity index (χ1v) is 11.3. The van der Waals surface area contributed by atoms with Crippen molar-refractivity contribution in [3.05, 3.63) is 81.3 Å². The molecule has 1 saturated heterocycles. The summed E-state index contributed by atoms with van der Waals surface area (Å²) in [7, 11) is 4.28. The highest BCUT2D eigenvalue weighted by Crippen LogP contribution is 2.46. The summed E-state index contributed by atoms with van der Waals surface area (Å²) in [5, 5.41) is 21.5. The fourth-order valence-electron chi connectivity index (χ4n) is 4.06. The van der Waals surface area contributed by atoms with Crippen LogP contribution >= 0.6 is 23.2 Å². The Balaban J connectivity index is 2.01. The van der Waals surface area contributed by atoms with E-state index in [0.717, 1.165) is 0 Å². The molecule has 0 spiro atoms. The lowest BCUT2D eigenvalue weighted by molar-refractivity contribution is -0.132. The van der Waals surface area contributed by atoms with Crippen LogP contribution < -0.4 is 19.1 Å². The molecule has 2 N–H and O–H groups in total. The van der Waals surface area contributed by atoms with Crippen LogP contribution in [-0.4, -0.2) is 43.2 Å². The number of halogens is 2. The number of phenols is 1. The lowest BCUT2D eigenvalue weighted by Crippen LogP contribution is -2.29. The highest BCUT2D eigenvalue weighted by Gasteiger charge is 2.47. The van der Waals surface area contributed by atoms with Crippen molar-refractivity contribution in [2.24, 2.45) is 0 Å². The van der Waals surface area contributed by atoms with Gasteiger partial charge >= 0.3 is 0 Å². The molecule has 1 aliphatic rings. The number of ketones is 1. The third kappa shape index (κ3) is 4.29. The van der Waals surface area contributed by atoms with E-state index < -0.39 is 23.5 Å². The highest BCUT2D eigenvalue weighted by atomic mass is 35.5. The molecule has 1 aliphatic heterocycles. The number of Topliss-reactive ketones (excluding diaryl/α,β-unsaturated/α-hetero) is 1. The van der Waals surface area contributed by atoms with Crippen molar-refractivity contribution in [3.63, 3.8) is 0 Å². The van der Waals surface area contributed by atoms with Crippen molar-refractivity contribution in [1.82, 2.24) is 0 Å². The lowest BCUT2D eigenvalue weighted by Gasteiger charge is -2.26. The first-order valence-electron chi connectivity index (χ1n) is 10.6. The van der Waals surface area contributed by atoms with Crippen molar-refractivity contribution < 1.29 is 34.0 Å². The van der Waals surface area contributed by atoms with E-state index in [4.69, 9.17) is 37.4 Å². The van der Waals surface area contributed by atoms with Crippen LogP contribution in [0, 0.1) is 0 Å². The second-order valence-corrected chi connectivity index (χ2v) is 8.58. The van der Waals surface area contributed by atoms with Gasteiger partial charge in [0.1, 0.15) is 28.8 Å². The number of rotatable bonds is 6. The number of hydrogen-bond acceptors (Lipinski definition) is 7. The number of anilines is 1. The number of carbonyl (C=O) groups excluding carboxylic acids is 2. The summed E-state index contributed by atoms with van der Waals surface area (Å²) in [6.45, 7) is 0. The Kier molecular flexibility index (Phi) is 7.01. The molecule has 1 amide bonds. The molecule has 1 atom stereocenters. The fourth-order valence-corrected chi connectivity index (χ4v) is 4.49. The number of benzene rings is 3. The van der Waals surface area contributed by atoms with Crippen molar-refractivity contribution in [1.29, 1.82) is 0 Å². The molecular formula is C26H21Cl2NO7. The molecule has 3 aromatic carbocycles. The molecule has 1 unspecified atom stereocenters. The van der Waals surface area contributed by atoms with Gasteiger partial charge in [-0.3, -0.25) is 14.5 Å². The van der Waals surface area contributed by atoms with E-state index in [0.29, 0.717) is 22.7 Å². The standard InChI is InChI=1S/C26H21Cl2NO7/c1-34-15-6-4-5-14(10-15)29-23(13-7-8-19(30)17(27)9-13)22(25(32)26(29)33)24(31)16-11-18(28)21(36-3)12-20(16)35-2/h4-12,23,30-31H,1-3H3/b24-22+. The minimum absolute atomic E-state index is 0.00815. The van der Waals surface area contributed by atoms with Gasteiger partial charge in [0.15, 0.2) is 0 Å². The predicted molar refractivity (Wildman–Crippen MR) is 135 cm³/mol. The summed E-state index contributed by atoms with van der Waals surface area (Å²) < 4.78 is 15.9. The Morgan fingerprint density at radius 2 is 1.61 bits per heavy atom. The Morgan fingerprint density at radius 1 is 0.889 bits per heavy atom. The first-order chi connectivity index (χ1) is 17.2. The van der Waals surface area contributed by atoms with E-state index in [9.17, 15) is 19.8 Å².